The lowest BCUT2D eigenvalue weighted by molar-refractivity contribution is -0.140. The standard InChI is InChI=1S/C22H24F3N3O3S/c1-4-14(2)19(26-20-16-10-6-8-12-18(16)32(30,31)27-20)21(29)28(3)13-15-9-5-7-11-17(15)22(23,24)25/h5-12,14,19H,4,13H2,1-3H3,(H,26,27)/t14-,19-/m0/s1. The number of carbonyl (C=O) groups excluding carboxylic acids is 1. The molecule has 0 saturated heterocycles. The van der Waals surface area contributed by atoms with E-state index in [9.17, 15) is 26.4 Å². The van der Waals surface area contributed by atoms with Crippen molar-refractivity contribution in [2.75, 3.05) is 7.05 Å². The van der Waals surface area contributed by atoms with Crippen LogP contribution in [0.3, 0.4) is 0 Å². The highest BCUT2D eigenvalue weighted by Crippen LogP contribution is 2.32. The van der Waals surface area contributed by atoms with Gasteiger partial charge in [-0.15, -0.1) is 0 Å². The van der Waals surface area contributed by atoms with E-state index in [0.29, 0.717) is 12.0 Å². The molecule has 0 radical (unpaired) electrons. The van der Waals surface area contributed by atoms with Crippen LogP contribution in [0.5, 0.6) is 0 Å². The number of hydrogen-bond donors (Lipinski definition) is 1. The van der Waals surface area contributed by atoms with Crippen molar-refractivity contribution < 1.29 is 26.4 Å². The summed E-state index contributed by atoms with van der Waals surface area (Å²) in [5.41, 5.74) is -0.472. The fourth-order valence-electron chi connectivity index (χ4n) is 3.51. The van der Waals surface area contributed by atoms with Crippen LogP contribution in [0.1, 0.15) is 37.0 Å². The summed E-state index contributed by atoms with van der Waals surface area (Å²) in [5, 5.41) is 0. The van der Waals surface area contributed by atoms with Crippen LogP contribution in [-0.4, -0.2) is 38.2 Å². The molecule has 3 rings (SSSR count). The number of fused-ring (bicyclic) bond motifs is 1. The van der Waals surface area contributed by atoms with E-state index in [1.165, 1.54) is 36.2 Å². The minimum absolute atomic E-state index is 0.0293. The van der Waals surface area contributed by atoms with Gasteiger partial charge in [-0.2, -0.15) is 13.2 Å². The van der Waals surface area contributed by atoms with Crippen LogP contribution in [0, 0.1) is 5.92 Å². The zero-order valence-electron chi connectivity index (χ0n) is 17.8. The molecule has 2 atom stereocenters. The van der Waals surface area contributed by atoms with Crippen molar-refractivity contribution in [1.29, 1.82) is 0 Å². The molecule has 0 unspecified atom stereocenters. The Morgan fingerprint density at radius 3 is 2.41 bits per heavy atom. The van der Waals surface area contributed by atoms with E-state index in [1.807, 2.05) is 6.92 Å². The van der Waals surface area contributed by atoms with E-state index in [0.717, 1.165) is 6.07 Å². The van der Waals surface area contributed by atoms with E-state index in [1.54, 1.807) is 25.1 Å². The third-order valence-corrected chi connectivity index (χ3v) is 6.87. The van der Waals surface area contributed by atoms with Gasteiger partial charge in [0.25, 0.3) is 10.0 Å². The summed E-state index contributed by atoms with van der Waals surface area (Å²) in [6, 6.07) is 10.4. The maximum atomic E-state index is 13.3. The van der Waals surface area contributed by atoms with Gasteiger partial charge in [0.15, 0.2) is 0 Å². The first-order chi connectivity index (χ1) is 15.0. The second kappa shape index (κ2) is 8.93. The average Bonchev–Trinajstić information content (AvgIpc) is 3.00. The van der Waals surface area contributed by atoms with E-state index < -0.39 is 33.7 Å². The molecule has 0 aromatic heterocycles. The average molecular weight is 468 g/mol. The molecular weight excluding hydrogens is 443 g/mol. The summed E-state index contributed by atoms with van der Waals surface area (Å²) in [4.78, 5) is 18.9. The number of aliphatic imine (C=N–C) groups is 1. The molecule has 32 heavy (non-hydrogen) atoms. The Balaban J connectivity index is 1.93. The number of amides is 1. The Hall–Kier alpha value is -2.88. The molecule has 0 fully saturated rings. The Kier molecular flexibility index (Phi) is 6.64. The van der Waals surface area contributed by atoms with Crippen molar-refractivity contribution >= 4 is 21.8 Å². The molecule has 1 aliphatic heterocycles. The fourth-order valence-corrected chi connectivity index (χ4v) is 4.75. The second-order valence-electron chi connectivity index (χ2n) is 7.76. The lowest BCUT2D eigenvalue weighted by Crippen LogP contribution is -2.40. The predicted octanol–water partition coefficient (Wildman–Crippen LogP) is 3.82. The van der Waals surface area contributed by atoms with E-state index in [-0.39, 0.29) is 28.8 Å². The number of sulfonamides is 1. The summed E-state index contributed by atoms with van der Waals surface area (Å²) in [6.07, 6.45) is -3.97. The highest BCUT2D eigenvalue weighted by Gasteiger charge is 2.36. The van der Waals surface area contributed by atoms with Gasteiger partial charge in [0.05, 0.1) is 10.5 Å². The summed E-state index contributed by atoms with van der Waals surface area (Å²) in [6.45, 7) is 3.39. The molecule has 1 amide bonds. The highest BCUT2D eigenvalue weighted by molar-refractivity contribution is 7.90. The van der Waals surface area contributed by atoms with E-state index in [4.69, 9.17) is 0 Å². The van der Waals surface area contributed by atoms with Gasteiger partial charge in [-0.05, 0) is 29.7 Å². The van der Waals surface area contributed by atoms with Crippen LogP contribution in [0.25, 0.3) is 0 Å². The molecule has 1 heterocycles. The van der Waals surface area contributed by atoms with Crippen LogP contribution in [0.15, 0.2) is 58.4 Å². The van der Waals surface area contributed by atoms with Gasteiger partial charge in [0.2, 0.25) is 5.91 Å². The van der Waals surface area contributed by atoms with Crippen LogP contribution < -0.4 is 4.72 Å². The first-order valence-corrected chi connectivity index (χ1v) is 11.5. The molecule has 0 bridgehead atoms. The maximum Gasteiger partial charge on any atom is 0.416 e. The third kappa shape index (κ3) is 4.79. The van der Waals surface area contributed by atoms with E-state index in [2.05, 4.69) is 9.71 Å². The summed E-state index contributed by atoms with van der Waals surface area (Å²) >= 11 is 0. The minimum Gasteiger partial charge on any atom is -0.340 e. The highest BCUT2D eigenvalue weighted by atomic mass is 32.2. The molecular formula is C22H24F3N3O3S. The molecule has 172 valence electrons. The Bertz CT molecular complexity index is 1150. The minimum atomic E-state index is -4.54. The number of likely N-dealkylation sites (N-methyl/N-ethyl adjacent to an activating group) is 1. The monoisotopic (exact) mass is 467 g/mol. The first kappa shape index (κ1) is 23.8. The van der Waals surface area contributed by atoms with Gasteiger partial charge in [0, 0.05) is 19.2 Å². The number of carbonyl (C=O) groups is 1. The van der Waals surface area contributed by atoms with Gasteiger partial charge >= 0.3 is 6.18 Å². The van der Waals surface area contributed by atoms with Crippen molar-refractivity contribution in [2.45, 2.75) is 43.9 Å². The van der Waals surface area contributed by atoms with Crippen molar-refractivity contribution in [2.24, 2.45) is 10.9 Å². The zero-order valence-corrected chi connectivity index (χ0v) is 18.7. The molecule has 10 heteroatoms. The number of benzene rings is 2. The predicted molar refractivity (Wildman–Crippen MR) is 114 cm³/mol. The molecule has 2 aromatic carbocycles. The summed E-state index contributed by atoms with van der Waals surface area (Å²) < 4.78 is 67.1. The number of nitrogens with zero attached hydrogens (tertiary/aromatic N) is 2. The van der Waals surface area contributed by atoms with Crippen molar-refractivity contribution in [3.05, 3.63) is 65.2 Å². The Labute approximate surface area is 185 Å². The van der Waals surface area contributed by atoms with Crippen LogP contribution in [0.2, 0.25) is 0 Å². The number of halogens is 3. The number of alkyl halides is 3. The summed E-state index contributed by atoms with van der Waals surface area (Å²) in [7, 11) is -2.37. The fraction of sp³-hybridized carbons (Fsp3) is 0.364. The van der Waals surface area contributed by atoms with Gasteiger partial charge < -0.3 is 4.90 Å². The normalized spacial score (nSPS) is 18.0. The molecule has 2 aromatic rings. The van der Waals surface area contributed by atoms with Crippen molar-refractivity contribution in [1.82, 2.24) is 9.62 Å². The third-order valence-electron chi connectivity index (χ3n) is 5.47. The molecule has 6 nitrogen and oxygen atoms in total. The lowest BCUT2D eigenvalue weighted by Gasteiger charge is -2.26. The molecule has 0 spiro atoms. The Morgan fingerprint density at radius 2 is 1.75 bits per heavy atom. The zero-order chi connectivity index (χ0) is 23.7. The van der Waals surface area contributed by atoms with Crippen molar-refractivity contribution in [3.63, 3.8) is 0 Å². The number of amidine groups is 1. The van der Waals surface area contributed by atoms with Gasteiger partial charge in [-0.25, -0.2) is 8.42 Å². The molecule has 1 N–H and O–H groups in total. The number of nitrogens with one attached hydrogen (secondary N) is 1. The largest absolute Gasteiger partial charge is 0.416 e. The van der Waals surface area contributed by atoms with Crippen molar-refractivity contribution in [3.8, 4) is 0 Å². The van der Waals surface area contributed by atoms with Crippen LogP contribution >= 0.6 is 0 Å². The molecule has 0 saturated carbocycles. The first-order valence-electron chi connectivity index (χ1n) is 10.1. The molecule has 0 aliphatic carbocycles. The van der Waals surface area contributed by atoms with Crippen LogP contribution in [-0.2, 0) is 27.5 Å². The smallest absolute Gasteiger partial charge is 0.340 e. The van der Waals surface area contributed by atoms with E-state index >= 15 is 0 Å². The lowest BCUT2D eigenvalue weighted by atomic mass is 9.97. The second-order valence-corrected chi connectivity index (χ2v) is 9.41. The Morgan fingerprint density at radius 1 is 1.12 bits per heavy atom. The topological polar surface area (TPSA) is 78.8 Å². The van der Waals surface area contributed by atoms with Crippen LogP contribution in [0.4, 0.5) is 13.2 Å². The SMILES string of the molecule is CC[C@H](C)[C@H](N=C1NS(=O)(=O)c2ccccc21)C(=O)N(C)Cc1ccccc1C(F)(F)F. The number of hydrogen-bond acceptors (Lipinski definition) is 4. The summed E-state index contributed by atoms with van der Waals surface area (Å²) in [5.74, 6) is -0.705. The number of rotatable bonds is 6. The maximum absolute atomic E-state index is 13.3. The molecule has 1 aliphatic rings. The quantitative estimate of drug-likeness (QED) is 0.702. The van der Waals surface area contributed by atoms with Gasteiger partial charge in [-0.3, -0.25) is 14.5 Å². The van der Waals surface area contributed by atoms with Gasteiger partial charge in [0.1, 0.15) is 11.9 Å². The van der Waals surface area contributed by atoms with Gasteiger partial charge in [-0.1, -0.05) is 50.6 Å².